The third-order valence-corrected chi connectivity index (χ3v) is 2.97. The van der Waals surface area contributed by atoms with Gasteiger partial charge >= 0.3 is 0 Å². The molecule has 0 spiro atoms. The number of nitrogens with zero attached hydrogens (tertiary/aromatic N) is 1. The average Bonchev–Trinajstić information content (AvgIpc) is 2.48. The number of nitrogens with two attached hydrogens (primary N) is 1. The number of aryl methyl sites for hydroxylation is 2. The molecule has 2 rings (SSSR count). The van der Waals surface area contributed by atoms with E-state index >= 15 is 0 Å². The second-order valence-electron chi connectivity index (χ2n) is 4.71. The summed E-state index contributed by atoms with van der Waals surface area (Å²) in [6, 6.07) is 9.07. The third-order valence-electron chi connectivity index (χ3n) is 2.97. The fourth-order valence-electron chi connectivity index (χ4n) is 1.82. The molecule has 2 aromatic rings. The van der Waals surface area contributed by atoms with E-state index in [0.29, 0.717) is 17.9 Å². The lowest BCUT2D eigenvalue weighted by molar-refractivity contribution is 0.102. The Morgan fingerprint density at radius 1 is 1.29 bits per heavy atom. The molecule has 0 fully saturated rings. The Labute approximate surface area is 124 Å². The van der Waals surface area contributed by atoms with Crippen LogP contribution < -0.4 is 11.1 Å². The summed E-state index contributed by atoms with van der Waals surface area (Å²) in [4.78, 5) is 16.3. The van der Waals surface area contributed by atoms with Crippen LogP contribution in [-0.2, 0) is 0 Å². The molecule has 0 atom stereocenters. The lowest BCUT2D eigenvalue weighted by Crippen LogP contribution is -2.13. The van der Waals surface area contributed by atoms with Crippen molar-refractivity contribution in [3.05, 3.63) is 58.8 Å². The molecule has 1 amide bonds. The Morgan fingerprint density at radius 3 is 2.71 bits per heavy atom. The number of aromatic nitrogens is 1. The van der Waals surface area contributed by atoms with Crippen LogP contribution in [0.15, 0.2) is 36.5 Å². The SMILES string of the molecule is Cc1ccc(NC(=O)c2ccc(C#CCN)c(C)c2)nc1. The Hall–Kier alpha value is -2.64. The fraction of sp³-hybridized carbons (Fsp3) is 0.176. The second-order valence-corrected chi connectivity index (χ2v) is 4.71. The van der Waals surface area contributed by atoms with Crippen molar-refractivity contribution in [3.63, 3.8) is 0 Å². The number of anilines is 1. The minimum Gasteiger partial charge on any atom is -0.320 e. The predicted molar refractivity (Wildman–Crippen MR) is 84.0 cm³/mol. The van der Waals surface area contributed by atoms with Crippen molar-refractivity contribution in [2.75, 3.05) is 11.9 Å². The molecular formula is C17H17N3O. The van der Waals surface area contributed by atoms with Crippen molar-refractivity contribution < 1.29 is 4.79 Å². The van der Waals surface area contributed by atoms with Crippen LogP contribution in [0.25, 0.3) is 0 Å². The van der Waals surface area contributed by atoms with Crippen LogP contribution in [0.2, 0.25) is 0 Å². The van der Waals surface area contributed by atoms with E-state index in [-0.39, 0.29) is 5.91 Å². The number of benzene rings is 1. The molecule has 3 N–H and O–H groups in total. The maximum Gasteiger partial charge on any atom is 0.256 e. The van der Waals surface area contributed by atoms with Crippen molar-refractivity contribution >= 4 is 11.7 Å². The highest BCUT2D eigenvalue weighted by Crippen LogP contribution is 2.12. The molecule has 4 heteroatoms. The second kappa shape index (κ2) is 6.69. The highest BCUT2D eigenvalue weighted by Gasteiger charge is 2.08. The quantitative estimate of drug-likeness (QED) is 0.829. The van der Waals surface area contributed by atoms with Gasteiger partial charge in [-0.3, -0.25) is 4.79 Å². The summed E-state index contributed by atoms with van der Waals surface area (Å²) < 4.78 is 0. The largest absolute Gasteiger partial charge is 0.320 e. The van der Waals surface area contributed by atoms with Gasteiger partial charge in [-0.2, -0.15) is 0 Å². The van der Waals surface area contributed by atoms with E-state index in [1.807, 2.05) is 32.0 Å². The zero-order valence-electron chi connectivity index (χ0n) is 12.1. The van der Waals surface area contributed by atoms with Gasteiger partial charge in [-0.25, -0.2) is 4.98 Å². The molecule has 21 heavy (non-hydrogen) atoms. The van der Waals surface area contributed by atoms with Crippen molar-refractivity contribution in [3.8, 4) is 11.8 Å². The van der Waals surface area contributed by atoms with E-state index in [1.165, 1.54) is 0 Å². The van der Waals surface area contributed by atoms with Crippen molar-refractivity contribution in [1.29, 1.82) is 0 Å². The third kappa shape index (κ3) is 3.91. The Bertz CT molecular complexity index is 709. The van der Waals surface area contributed by atoms with Gasteiger partial charge in [0.25, 0.3) is 5.91 Å². The van der Waals surface area contributed by atoms with Gasteiger partial charge in [0.1, 0.15) is 5.82 Å². The number of amides is 1. The van der Waals surface area contributed by atoms with Crippen LogP contribution >= 0.6 is 0 Å². The van der Waals surface area contributed by atoms with Crippen molar-refractivity contribution in [2.24, 2.45) is 5.73 Å². The van der Waals surface area contributed by atoms with Gasteiger partial charge in [0, 0.05) is 17.3 Å². The summed E-state index contributed by atoms with van der Waals surface area (Å²) in [5.74, 6) is 6.13. The van der Waals surface area contributed by atoms with Gasteiger partial charge in [0.2, 0.25) is 0 Å². The van der Waals surface area contributed by atoms with Crippen LogP contribution in [0.4, 0.5) is 5.82 Å². The zero-order valence-corrected chi connectivity index (χ0v) is 12.1. The molecular weight excluding hydrogens is 262 g/mol. The summed E-state index contributed by atoms with van der Waals surface area (Å²) in [7, 11) is 0. The van der Waals surface area contributed by atoms with Crippen LogP contribution in [0.5, 0.6) is 0 Å². The number of pyridine rings is 1. The highest BCUT2D eigenvalue weighted by molar-refractivity contribution is 6.03. The van der Waals surface area contributed by atoms with E-state index in [2.05, 4.69) is 22.1 Å². The number of rotatable bonds is 2. The van der Waals surface area contributed by atoms with Crippen LogP contribution in [0.3, 0.4) is 0 Å². The Morgan fingerprint density at radius 2 is 2.10 bits per heavy atom. The van der Waals surface area contributed by atoms with E-state index in [1.54, 1.807) is 18.3 Å². The Kier molecular flexibility index (Phi) is 4.70. The van der Waals surface area contributed by atoms with Crippen LogP contribution in [-0.4, -0.2) is 17.4 Å². The minimum atomic E-state index is -0.187. The monoisotopic (exact) mass is 279 g/mol. The molecule has 1 heterocycles. The molecule has 1 aromatic carbocycles. The number of carbonyl (C=O) groups excluding carboxylic acids is 1. The van der Waals surface area contributed by atoms with E-state index < -0.39 is 0 Å². The van der Waals surface area contributed by atoms with Gasteiger partial charge in [0.05, 0.1) is 6.54 Å². The summed E-state index contributed by atoms with van der Waals surface area (Å²) >= 11 is 0. The maximum absolute atomic E-state index is 12.2. The molecule has 0 saturated carbocycles. The maximum atomic E-state index is 12.2. The Balaban J connectivity index is 2.16. The average molecular weight is 279 g/mol. The minimum absolute atomic E-state index is 0.187. The molecule has 0 unspecified atom stereocenters. The smallest absolute Gasteiger partial charge is 0.256 e. The lowest BCUT2D eigenvalue weighted by Gasteiger charge is -2.06. The topological polar surface area (TPSA) is 68.0 Å². The summed E-state index contributed by atoms with van der Waals surface area (Å²) in [5, 5.41) is 2.77. The van der Waals surface area contributed by atoms with Gasteiger partial charge in [-0.15, -0.1) is 0 Å². The van der Waals surface area contributed by atoms with E-state index in [4.69, 9.17) is 5.73 Å². The molecule has 0 aliphatic heterocycles. The van der Waals surface area contributed by atoms with Gasteiger partial charge in [-0.05, 0) is 49.2 Å². The molecule has 0 aliphatic rings. The number of hydrogen-bond acceptors (Lipinski definition) is 3. The van der Waals surface area contributed by atoms with E-state index in [9.17, 15) is 4.79 Å². The molecule has 106 valence electrons. The zero-order chi connectivity index (χ0) is 15.2. The standard InChI is InChI=1S/C17H17N3O/c1-12-5-8-16(19-11-12)20-17(21)15-7-6-14(4-3-9-18)13(2)10-15/h5-8,10-11H,9,18H2,1-2H3,(H,19,20,21). The molecule has 0 aliphatic carbocycles. The number of hydrogen-bond donors (Lipinski definition) is 2. The van der Waals surface area contributed by atoms with Gasteiger partial charge in [0.15, 0.2) is 0 Å². The molecule has 0 radical (unpaired) electrons. The molecule has 0 saturated heterocycles. The number of carbonyl (C=O) groups is 1. The molecule has 4 nitrogen and oxygen atoms in total. The summed E-state index contributed by atoms with van der Waals surface area (Å²) in [6.07, 6.45) is 1.71. The highest BCUT2D eigenvalue weighted by atomic mass is 16.1. The van der Waals surface area contributed by atoms with E-state index in [0.717, 1.165) is 16.7 Å². The summed E-state index contributed by atoms with van der Waals surface area (Å²) in [6.45, 7) is 4.19. The lowest BCUT2D eigenvalue weighted by atomic mass is 10.0. The first-order valence-electron chi connectivity index (χ1n) is 6.64. The van der Waals surface area contributed by atoms with Gasteiger partial charge < -0.3 is 11.1 Å². The van der Waals surface area contributed by atoms with Crippen LogP contribution in [0.1, 0.15) is 27.0 Å². The number of nitrogens with one attached hydrogen (secondary N) is 1. The first kappa shape index (κ1) is 14.8. The molecule has 1 aromatic heterocycles. The van der Waals surface area contributed by atoms with Gasteiger partial charge in [-0.1, -0.05) is 17.9 Å². The fourth-order valence-corrected chi connectivity index (χ4v) is 1.82. The molecule has 0 bridgehead atoms. The first-order valence-corrected chi connectivity index (χ1v) is 6.64. The van der Waals surface area contributed by atoms with Crippen molar-refractivity contribution in [2.45, 2.75) is 13.8 Å². The van der Waals surface area contributed by atoms with Crippen molar-refractivity contribution in [1.82, 2.24) is 4.98 Å². The normalized spacial score (nSPS) is 9.67. The first-order chi connectivity index (χ1) is 10.1. The predicted octanol–water partition coefficient (Wildman–Crippen LogP) is 2.26. The van der Waals surface area contributed by atoms with Crippen LogP contribution in [0, 0.1) is 25.7 Å². The summed E-state index contributed by atoms with van der Waals surface area (Å²) in [5.41, 5.74) is 8.81.